The van der Waals surface area contributed by atoms with Crippen LogP contribution in [0.1, 0.15) is 0 Å². The monoisotopic (exact) mass is 285 g/mol. The number of rotatable bonds is 1. The smallest absolute Gasteiger partial charge is 0.158 e. The molecule has 94 valence electrons. The van der Waals surface area contributed by atoms with Gasteiger partial charge >= 0.3 is 0 Å². The van der Waals surface area contributed by atoms with Gasteiger partial charge in [-0.3, -0.25) is 0 Å². The first-order chi connectivity index (χ1) is 9.24. The van der Waals surface area contributed by atoms with Crippen LogP contribution >= 0.6 is 23.6 Å². The fourth-order valence-corrected chi connectivity index (χ4v) is 2.65. The van der Waals surface area contributed by atoms with E-state index in [-0.39, 0.29) is 0 Å². The zero-order chi connectivity index (χ0) is 13.2. The molecule has 0 atom stereocenters. The lowest BCUT2D eigenvalue weighted by atomic mass is 10.1. The molecule has 0 amide bonds. The predicted octanol–water partition coefficient (Wildman–Crippen LogP) is 4.47. The molecule has 0 saturated carbocycles. The van der Waals surface area contributed by atoms with Gasteiger partial charge in [-0.05, 0) is 29.1 Å². The molecule has 0 saturated heterocycles. The standard InChI is InChI=1S/C9H7NS2.C6H4O/c11-9-10-8(6-12-9)7-4-2-1-3-5-7;7-6-3-4-1-2-5(4)6/h1-6H,(H,10,11);1-3,7H. The van der Waals surface area contributed by atoms with Gasteiger partial charge in [0.2, 0.25) is 0 Å². The molecule has 1 aromatic heterocycles. The maximum atomic E-state index is 8.69. The van der Waals surface area contributed by atoms with Crippen molar-refractivity contribution in [2.24, 2.45) is 0 Å². The minimum atomic E-state index is 0.442. The first-order valence-electron chi connectivity index (χ1n) is 5.80. The molecule has 2 aliphatic carbocycles. The molecule has 2 aliphatic rings. The Morgan fingerprint density at radius 3 is 2.21 bits per heavy atom. The van der Waals surface area contributed by atoms with E-state index in [0.717, 1.165) is 14.9 Å². The van der Waals surface area contributed by atoms with Crippen LogP contribution < -0.4 is 0 Å². The van der Waals surface area contributed by atoms with Crippen molar-refractivity contribution in [2.45, 2.75) is 0 Å². The number of benzene rings is 2. The van der Waals surface area contributed by atoms with E-state index in [2.05, 4.69) is 17.1 Å². The molecule has 0 spiro atoms. The van der Waals surface area contributed by atoms with Gasteiger partial charge in [-0.15, -0.1) is 11.3 Å². The molecule has 4 rings (SSSR count). The molecule has 1 heterocycles. The van der Waals surface area contributed by atoms with E-state index in [0.29, 0.717) is 5.75 Å². The molecule has 19 heavy (non-hydrogen) atoms. The molecular formula is C15H11NOS2. The first-order valence-corrected chi connectivity index (χ1v) is 7.09. The Bertz CT molecular complexity index is 850. The van der Waals surface area contributed by atoms with Crippen LogP contribution in [0.4, 0.5) is 0 Å². The number of hydrogen-bond acceptors (Lipinski definition) is 3. The largest absolute Gasteiger partial charge is 0.507 e. The fourth-order valence-electron chi connectivity index (χ4n) is 1.81. The molecule has 0 bridgehead atoms. The number of aromatic nitrogens is 1. The summed E-state index contributed by atoms with van der Waals surface area (Å²) in [6.07, 6.45) is 0. The minimum Gasteiger partial charge on any atom is -0.507 e. The topological polar surface area (TPSA) is 36.0 Å². The second-order valence-electron chi connectivity index (χ2n) is 4.16. The van der Waals surface area contributed by atoms with Crippen molar-refractivity contribution in [3.05, 3.63) is 68.3 Å². The molecule has 2 aromatic rings. The summed E-state index contributed by atoms with van der Waals surface area (Å²) >= 11 is 6.55. The SMILES string of the molecule is Oc1cc2ccc1=2.S=c1[nH]c(-c2ccccc2)cs1. The van der Waals surface area contributed by atoms with Gasteiger partial charge in [0.05, 0.1) is 5.69 Å². The maximum absolute atomic E-state index is 8.69. The normalized spacial score (nSPS) is 10.5. The molecular weight excluding hydrogens is 274 g/mol. The number of H-pyrrole nitrogens is 1. The van der Waals surface area contributed by atoms with Gasteiger partial charge in [-0.2, -0.15) is 0 Å². The number of thiazole rings is 1. The summed E-state index contributed by atoms with van der Waals surface area (Å²) in [5, 5.41) is 12.9. The average molecular weight is 285 g/mol. The third-order valence-electron chi connectivity index (χ3n) is 2.91. The van der Waals surface area contributed by atoms with Crippen LogP contribution in [-0.2, 0) is 0 Å². The number of aromatic hydroxyl groups is 1. The summed E-state index contributed by atoms with van der Waals surface area (Å²) in [4.78, 5) is 3.13. The highest BCUT2D eigenvalue weighted by molar-refractivity contribution is 7.73. The van der Waals surface area contributed by atoms with Gasteiger partial charge in [-0.25, -0.2) is 0 Å². The van der Waals surface area contributed by atoms with Crippen LogP contribution in [-0.4, -0.2) is 10.1 Å². The van der Waals surface area contributed by atoms with Crippen LogP contribution in [0.15, 0.2) is 53.9 Å². The van der Waals surface area contributed by atoms with E-state index < -0.39 is 0 Å². The number of phenols is 1. The molecule has 0 unspecified atom stereocenters. The van der Waals surface area contributed by atoms with Gasteiger partial charge in [-0.1, -0.05) is 42.5 Å². The van der Waals surface area contributed by atoms with Crippen molar-refractivity contribution < 1.29 is 5.11 Å². The predicted molar refractivity (Wildman–Crippen MR) is 80.7 cm³/mol. The summed E-state index contributed by atoms with van der Waals surface area (Å²) in [6.45, 7) is 0. The van der Waals surface area contributed by atoms with Crippen molar-refractivity contribution >= 4 is 23.6 Å². The van der Waals surface area contributed by atoms with Crippen LogP contribution in [0.25, 0.3) is 11.3 Å². The van der Waals surface area contributed by atoms with E-state index >= 15 is 0 Å². The Morgan fingerprint density at radius 2 is 1.84 bits per heavy atom. The summed E-state index contributed by atoms with van der Waals surface area (Å²) in [5.74, 6) is 0.442. The second kappa shape index (κ2) is 4.99. The third kappa shape index (κ3) is 2.45. The fraction of sp³-hybridized carbons (Fsp3) is 0. The highest BCUT2D eigenvalue weighted by atomic mass is 32.1. The van der Waals surface area contributed by atoms with Crippen molar-refractivity contribution in [3.63, 3.8) is 0 Å². The summed E-state index contributed by atoms with van der Waals surface area (Å²) in [6, 6.07) is 15.8. The summed E-state index contributed by atoms with van der Waals surface area (Å²) < 4.78 is 0.828. The van der Waals surface area contributed by atoms with Crippen LogP contribution in [0, 0.1) is 14.4 Å². The van der Waals surface area contributed by atoms with Crippen LogP contribution in [0.5, 0.6) is 5.75 Å². The van der Waals surface area contributed by atoms with Crippen molar-refractivity contribution in [3.8, 4) is 17.0 Å². The number of phenolic OH excluding ortho intramolecular Hbond substituents is 1. The van der Waals surface area contributed by atoms with Crippen molar-refractivity contribution in [2.75, 3.05) is 0 Å². The Labute approximate surface area is 119 Å². The molecule has 4 heteroatoms. The van der Waals surface area contributed by atoms with E-state index in [9.17, 15) is 0 Å². The quantitative estimate of drug-likeness (QED) is 0.506. The Balaban J connectivity index is 0.000000132. The Hall–Kier alpha value is -1.91. The van der Waals surface area contributed by atoms with E-state index in [1.807, 2.05) is 35.7 Å². The highest BCUT2D eigenvalue weighted by Crippen LogP contribution is 2.21. The summed E-state index contributed by atoms with van der Waals surface area (Å²) in [7, 11) is 0. The van der Waals surface area contributed by atoms with Gasteiger partial charge in [0, 0.05) is 10.6 Å². The van der Waals surface area contributed by atoms with Gasteiger partial charge < -0.3 is 10.1 Å². The highest BCUT2D eigenvalue weighted by Gasteiger charge is 2.00. The Kier molecular flexibility index (Phi) is 3.19. The zero-order valence-electron chi connectivity index (χ0n) is 9.96. The van der Waals surface area contributed by atoms with E-state index in [4.69, 9.17) is 17.3 Å². The van der Waals surface area contributed by atoms with Gasteiger partial charge in [0.1, 0.15) is 5.75 Å². The molecule has 1 aromatic carbocycles. The third-order valence-corrected chi connectivity index (χ3v) is 3.97. The number of nitrogens with one attached hydrogen (secondary N) is 1. The number of hydrogen-bond donors (Lipinski definition) is 2. The van der Waals surface area contributed by atoms with Gasteiger partial charge in [0.15, 0.2) is 3.95 Å². The van der Waals surface area contributed by atoms with Crippen molar-refractivity contribution in [1.29, 1.82) is 0 Å². The minimum absolute atomic E-state index is 0.442. The average Bonchev–Trinajstić information content (AvgIpc) is 2.84. The van der Waals surface area contributed by atoms with Crippen molar-refractivity contribution in [1.82, 2.24) is 4.98 Å². The molecule has 0 fully saturated rings. The second-order valence-corrected chi connectivity index (χ2v) is 5.71. The van der Waals surface area contributed by atoms with Crippen LogP contribution in [0.3, 0.4) is 0 Å². The molecule has 2 nitrogen and oxygen atoms in total. The lowest BCUT2D eigenvalue weighted by Gasteiger charge is -2.02. The number of aromatic amines is 1. The lowest BCUT2D eigenvalue weighted by Crippen LogP contribution is -1.83. The molecule has 0 radical (unpaired) electrons. The van der Waals surface area contributed by atoms with E-state index in [1.54, 1.807) is 17.4 Å². The zero-order valence-corrected chi connectivity index (χ0v) is 11.6. The maximum Gasteiger partial charge on any atom is 0.158 e. The lowest BCUT2D eigenvalue weighted by molar-refractivity contribution is 0.465. The Morgan fingerprint density at radius 1 is 1.05 bits per heavy atom. The van der Waals surface area contributed by atoms with E-state index in [1.165, 1.54) is 10.8 Å². The first kappa shape index (κ1) is 12.1. The van der Waals surface area contributed by atoms with Gasteiger partial charge in [0.25, 0.3) is 0 Å². The molecule has 0 aliphatic heterocycles. The summed E-state index contributed by atoms with van der Waals surface area (Å²) in [5.41, 5.74) is 2.29. The molecule has 2 N–H and O–H groups in total. The van der Waals surface area contributed by atoms with Crippen LogP contribution in [0.2, 0.25) is 0 Å².